The van der Waals surface area contributed by atoms with Crippen LogP contribution in [-0.2, 0) is 14.3 Å². The van der Waals surface area contributed by atoms with E-state index in [9.17, 15) is 19.2 Å². The Bertz CT molecular complexity index is 586. The Balaban J connectivity index is 2.61. The van der Waals surface area contributed by atoms with E-state index < -0.39 is 24.5 Å². The molecule has 0 bridgehead atoms. The Hall–Kier alpha value is -2.90. The first-order valence-electron chi connectivity index (χ1n) is 6.55. The third-order valence-electron chi connectivity index (χ3n) is 2.38. The summed E-state index contributed by atoms with van der Waals surface area (Å²) in [6.45, 7) is 2.76. The van der Waals surface area contributed by atoms with E-state index in [0.717, 1.165) is 0 Å². The number of hydrogen-bond donors (Lipinski definition) is 3. The second kappa shape index (κ2) is 8.40. The highest BCUT2D eigenvalue weighted by Gasteiger charge is 2.15. The summed E-state index contributed by atoms with van der Waals surface area (Å²) in [7, 11) is 0. The molecule has 0 aliphatic carbocycles. The van der Waals surface area contributed by atoms with E-state index in [1.165, 1.54) is 19.1 Å². The molecule has 3 N–H and O–H groups in total. The molecule has 0 aliphatic heterocycles. The van der Waals surface area contributed by atoms with Crippen LogP contribution in [0.1, 0.15) is 24.2 Å². The van der Waals surface area contributed by atoms with Gasteiger partial charge in [-0.2, -0.15) is 0 Å². The van der Waals surface area contributed by atoms with Crippen molar-refractivity contribution in [3.8, 4) is 0 Å². The van der Waals surface area contributed by atoms with Gasteiger partial charge in [0.1, 0.15) is 0 Å². The third kappa shape index (κ3) is 5.61. The fourth-order valence-electron chi connectivity index (χ4n) is 1.54. The van der Waals surface area contributed by atoms with Gasteiger partial charge in [-0.1, -0.05) is 12.1 Å². The maximum absolute atomic E-state index is 11.9. The number of rotatable bonds is 5. The summed E-state index contributed by atoms with van der Waals surface area (Å²) >= 11 is 0. The number of benzene rings is 1. The number of para-hydroxylation sites is 1. The lowest BCUT2D eigenvalue weighted by Crippen LogP contribution is -2.41. The van der Waals surface area contributed by atoms with Crippen molar-refractivity contribution in [2.45, 2.75) is 13.8 Å². The normalized spacial score (nSPS) is 9.55. The molecule has 4 amide bonds. The van der Waals surface area contributed by atoms with E-state index in [0.29, 0.717) is 6.54 Å². The van der Waals surface area contributed by atoms with Crippen LogP contribution in [0.15, 0.2) is 24.3 Å². The topological polar surface area (TPSA) is 114 Å². The third-order valence-corrected chi connectivity index (χ3v) is 2.38. The molecule has 0 heterocycles. The van der Waals surface area contributed by atoms with Crippen molar-refractivity contribution < 1.29 is 23.9 Å². The van der Waals surface area contributed by atoms with Gasteiger partial charge >= 0.3 is 12.0 Å². The van der Waals surface area contributed by atoms with Gasteiger partial charge in [-0.25, -0.2) is 9.59 Å². The van der Waals surface area contributed by atoms with Crippen LogP contribution in [0.5, 0.6) is 0 Å². The first-order valence-corrected chi connectivity index (χ1v) is 6.55. The van der Waals surface area contributed by atoms with Crippen molar-refractivity contribution in [2.24, 2.45) is 0 Å². The van der Waals surface area contributed by atoms with Crippen LogP contribution in [0.3, 0.4) is 0 Å². The van der Waals surface area contributed by atoms with Crippen LogP contribution in [-0.4, -0.2) is 37.0 Å². The average Bonchev–Trinajstić information content (AvgIpc) is 2.45. The number of imide groups is 1. The highest BCUT2D eigenvalue weighted by atomic mass is 16.5. The summed E-state index contributed by atoms with van der Waals surface area (Å²) in [5.41, 5.74) is 0.396. The Morgan fingerprint density at radius 1 is 1.14 bits per heavy atom. The standard InChI is InChI=1S/C14H17N3O5/c1-3-15-14(21)17-12(19)8-22-13(20)10-6-4-5-7-11(10)16-9(2)18/h4-7H,3,8H2,1-2H3,(H,16,18)(H2,15,17,19,21). The lowest BCUT2D eigenvalue weighted by atomic mass is 10.2. The predicted molar refractivity (Wildman–Crippen MR) is 78.2 cm³/mol. The molecule has 1 aromatic rings. The van der Waals surface area contributed by atoms with Gasteiger partial charge in [-0.15, -0.1) is 0 Å². The number of hydrogen-bond acceptors (Lipinski definition) is 5. The van der Waals surface area contributed by atoms with Crippen LogP contribution in [0.4, 0.5) is 10.5 Å². The molecule has 1 rings (SSSR count). The first-order chi connectivity index (χ1) is 10.4. The average molecular weight is 307 g/mol. The fraction of sp³-hybridized carbons (Fsp3) is 0.286. The zero-order valence-corrected chi connectivity index (χ0v) is 12.3. The second-order valence-electron chi connectivity index (χ2n) is 4.21. The maximum atomic E-state index is 11.9. The van der Waals surface area contributed by atoms with E-state index in [4.69, 9.17) is 4.74 Å². The summed E-state index contributed by atoms with van der Waals surface area (Å²) < 4.78 is 4.81. The minimum absolute atomic E-state index is 0.114. The Morgan fingerprint density at radius 2 is 1.82 bits per heavy atom. The molecule has 0 saturated heterocycles. The minimum atomic E-state index is -0.782. The first kappa shape index (κ1) is 17.2. The molecule has 0 aromatic heterocycles. The van der Waals surface area contributed by atoms with Gasteiger partial charge in [-0.3, -0.25) is 14.9 Å². The van der Waals surface area contributed by atoms with Gasteiger partial charge < -0.3 is 15.4 Å². The molecule has 8 heteroatoms. The quantitative estimate of drug-likeness (QED) is 0.691. The van der Waals surface area contributed by atoms with Crippen molar-refractivity contribution in [3.05, 3.63) is 29.8 Å². The van der Waals surface area contributed by atoms with Gasteiger partial charge in [0, 0.05) is 13.5 Å². The Kier molecular flexibility index (Phi) is 6.55. The molecular formula is C14H17N3O5. The molecule has 0 saturated carbocycles. The van der Waals surface area contributed by atoms with Crippen LogP contribution in [0.2, 0.25) is 0 Å². The SMILES string of the molecule is CCNC(=O)NC(=O)COC(=O)c1ccccc1NC(C)=O. The van der Waals surface area contributed by atoms with Gasteiger partial charge in [0.05, 0.1) is 11.3 Å². The largest absolute Gasteiger partial charge is 0.452 e. The Morgan fingerprint density at radius 3 is 2.45 bits per heavy atom. The molecule has 1 aromatic carbocycles. The molecule has 0 fully saturated rings. The molecule has 0 atom stereocenters. The van der Waals surface area contributed by atoms with E-state index in [2.05, 4.69) is 10.6 Å². The molecule has 0 spiro atoms. The summed E-state index contributed by atoms with van der Waals surface area (Å²) in [5.74, 6) is -1.87. The van der Waals surface area contributed by atoms with Crippen molar-refractivity contribution in [1.29, 1.82) is 0 Å². The van der Waals surface area contributed by atoms with Crippen LogP contribution >= 0.6 is 0 Å². The van der Waals surface area contributed by atoms with Crippen molar-refractivity contribution in [1.82, 2.24) is 10.6 Å². The summed E-state index contributed by atoms with van der Waals surface area (Å²) in [4.78, 5) is 45.5. The number of amides is 4. The van der Waals surface area contributed by atoms with Crippen LogP contribution < -0.4 is 16.0 Å². The Labute approximate surface area is 127 Å². The van der Waals surface area contributed by atoms with Crippen molar-refractivity contribution in [2.75, 3.05) is 18.5 Å². The lowest BCUT2D eigenvalue weighted by molar-refractivity contribution is -0.123. The number of carbonyl (C=O) groups excluding carboxylic acids is 4. The summed E-state index contributed by atoms with van der Waals surface area (Å²) in [6.07, 6.45) is 0. The number of esters is 1. The number of anilines is 1. The van der Waals surface area contributed by atoms with Gasteiger partial charge in [-0.05, 0) is 19.1 Å². The zero-order chi connectivity index (χ0) is 16.5. The van der Waals surface area contributed by atoms with Gasteiger partial charge in [0.2, 0.25) is 5.91 Å². The molecule has 0 unspecified atom stereocenters. The lowest BCUT2D eigenvalue weighted by Gasteiger charge is -2.09. The molecule has 118 valence electrons. The monoisotopic (exact) mass is 307 g/mol. The van der Waals surface area contributed by atoms with E-state index in [1.807, 2.05) is 5.32 Å². The minimum Gasteiger partial charge on any atom is -0.452 e. The number of carbonyl (C=O) groups is 4. The van der Waals surface area contributed by atoms with Crippen molar-refractivity contribution >= 4 is 29.5 Å². The maximum Gasteiger partial charge on any atom is 0.340 e. The predicted octanol–water partition coefficient (Wildman–Crippen LogP) is 0.647. The molecule has 8 nitrogen and oxygen atoms in total. The summed E-state index contributed by atoms with van der Waals surface area (Å²) in [6, 6.07) is 5.56. The highest BCUT2D eigenvalue weighted by Crippen LogP contribution is 2.15. The fourth-order valence-corrected chi connectivity index (χ4v) is 1.54. The number of urea groups is 1. The smallest absolute Gasteiger partial charge is 0.340 e. The molecular weight excluding hydrogens is 290 g/mol. The van der Waals surface area contributed by atoms with Crippen LogP contribution in [0, 0.1) is 0 Å². The second-order valence-corrected chi connectivity index (χ2v) is 4.21. The zero-order valence-electron chi connectivity index (χ0n) is 12.3. The van der Waals surface area contributed by atoms with E-state index in [1.54, 1.807) is 19.1 Å². The highest BCUT2D eigenvalue weighted by molar-refractivity contribution is 6.02. The molecule has 0 aliphatic rings. The van der Waals surface area contributed by atoms with E-state index >= 15 is 0 Å². The van der Waals surface area contributed by atoms with Crippen LogP contribution in [0.25, 0.3) is 0 Å². The van der Waals surface area contributed by atoms with E-state index in [-0.39, 0.29) is 17.2 Å². The van der Waals surface area contributed by atoms with Crippen molar-refractivity contribution in [3.63, 3.8) is 0 Å². The number of ether oxygens (including phenoxy) is 1. The summed E-state index contributed by atoms with van der Waals surface area (Å²) in [5, 5.41) is 6.85. The van der Waals surface area contributed by atoms with Gasteiger partial charge in [0.25, 0.3) is 5.91 Å². The molecule has 0 radical (unpaired) electrons. The molecule has 22 heavy (non-hydrogen) atoms. The number of nitrogens with one attached hydrogen (secondary N) is 3. The van der Waals surface area contributed by atoms with Gasteiger partial charge in [0.15, 0.2) is 6.61 Å².